The summed E-state index contributed by atoms with van der Waals surface area (Å²) in [5.41, 5.74) is 0. The van der Waals surface area contributed by atoms with E-state index in [1.54, 1.807) is 0 Å². The molecule has 0 saturated carbocycles. The summed E-state index contributed by atoms with van der Waals surface area (Å²) >= 11 is 0. The number of ether oxygens (including phenoxy) is 4. The Morgan fingerprint density at radius 1 is 0.586 bits per heavy atom. The lowest BCUT2D eigenvalue weighted by molar-refractivity contribution is -0.297. The van der Waals surface area contributed by atoms with Gasteiger partial charge in [0.25, 0.3) is 10.1 Å². The number of esters is 2. The lowest BCUT2D eigenvalue weighted by atomic mass is 10.00. The van der Waals surface area contributed by atoms with E-state index in [2.05, 4.69) is 74.6 Å². The first-order chi connectivity index (χ1) is 28.0. The second-order valence-electron chi connectivity index (χ2n) is 15.0. The van der Waals surface area contributed by atoms with Crippen molar-refractivity contribution in [2.24, 2.45) is 0 Å². The number of unbranched alkanes of at least 4 members (excludes halogenated alkanes) is 13. The van der Waals surface area contributed by atoms with Crippen LogP contribution in [-0.2, 0) is 38.7 Å². The van der Waals surface area contributed by atoms with Crippen molar-refractivity contribution < 1.29 is 56.8 Å². The fourth-order valence-electron chi connectivity index (χ4n) is 6.13. The molecule has 0 aromatic rings. The van der Waals surface area contributed by atoms with Gasteiger partial charge in [-0.25, -0.2) is 0 Å². The van der Waals surface area contributed by atoms with E-state index in [0.717, 1.165) is 83.5 Å². The number of rotatable bonds is 35. The Balaban J connectivity index is 2.51. The Morgan fingerprint density at radius 3 is 1.64 bits per heavy atom. The van der Waals surface area contributed by atoms with Crippen molar-refractivity contribution in [3.63, 3.8) is 0 Å². The molecule has 334 valence electrons. The normalized spacial score (nSPS) is 21.0. The molecule has 1 aliphatic rings. The molecule has 0 aromatic heterocycles. The molecule has 0 spiro atoms. The first-order valence-electron chi connectivity index (χ1n) is 21.8. The second-order valence-corrected chi connectivity index (χ2v) is 16.5. The van der Waals surface area contributed by atoms with Crippen LogP contribution >= 0.6 is 0 Å². The van der Waals surface area contributed by atoms with Crippen LogP contribution in [0.5, 0.6) is 0 Å². The fourth-order valence-corrected chi connectivity index (χ4v) is 6.82. The van der Waals surface area contributed by atoms with Gasteiger partial charge in [-0.2, -0.15) is 8.42 Å². The molecule has 58 heavy (non-hydrogen) atoms. The first kappa shape index (κ1) is 53.4. The third kappa shape index (κ3) is 29.5. The molecule has 2 unspecified atom stereocenters. The average Bonchev–Trinajstić information content (AvgIpc) is 3.18. The molecular weight excluding hydrogens is 765 g/mol. The molecule has 4 N–H and O–H groups in total. The van der Waals surface area contributed by atoms with Crippen molar-refractivity contribution in [2.45, 2.75) is 192 Å². The SMILES string of the molecule is CCC/C=C/C/C=C/C/C=C/C/C=C/CCCCCC(=O)O[C@H](COC(=O)CCCCCCC/C=C/CCCCCC)CO[C@H]1O[C@H](CS(=O)(=O)O)[C@@H](O)C(O)C1O. The Morgan fingerprint density at radius 2 is 1.07 bits per heavy atom. The molecule has 0 bridgehead atoms. The largest absolute Gasteiger partial charge is 0.462 e. The highest BCUT2D eigenvalue weighted by Gasteiger charge is 2.46. The van der Waals surface area contributed by atoms with Gasteiger partial charge in [-0.1, -0.05) is 126 Å². The highest BCUT2D eigenvalue weighted by atomic mass is 32.2. The Kier molecular flexibility index (Phi) is 32.3. The Hall–Kier alpha value is -2.65. The van der Waals surface area contributed by atoms with Crippen LogP contribution in [0.4, 0.5) is 0 Å². The van der Waals surface area contributed by atoms with Crippen LogP contribution in [0.1, 0.15) is 155 Å². The predicted molar refractivity (Wildman–Crippen MR) is 229 cm³/mol. The van der Waals surface area contributed by atoms with Gasteiger partial charge in [0, 0.05) is 12.8 Å². The summed E-state index contributed by atoms with van der Waals surface area (Å²) < 4.78 is 54.0. The van der Waals surface area contributed by atoms with E-state index < -0.39 is 71.2 Å². The molecule has 0 aliphatic carbocycles. The molecule has 6 atom stereocenters. The van der Waals surface area contributed by atoms with Crippen molar-refractivity contribution in [2.75, 3.05) is 19.0 Å². The van der Waals surface area contributed by atoms with E-state index in [4.69, 9.17) is 18.9 Å². The molecule has 1 heterocycles. The summed E-state index contributed by atoms with van der Waals surface area (Å²) in [5, 5.41) is 30.8. The molecule has 1 saturated heterocycles. The van der Waals surface area contributed by atoms with E-state index >= 15 is 0 Å². The van der Waals surface area contributed by atoms with E-state index in [1.807, 2.05) is 0 Å². The maximum Gasteiger partial charge on any atom is 0.306 e. The number of carbonyl (C=O) groups excluding carboxylic acids is 2. The zero-order valence-corrected chi connectivity index (χ0v) is 36.2. The lowest BCUT2D eigenvalue weighted by Gasteiger charge is -2.40. The van der Waals surface area contributed by atoms with Gasteiger partial charge in [0.1, 0.15) is 36.8 Å². The third-order valence-electron chi connectivity index (χ3n) is 9.55. The number of aliphatic hydroxyl groups is 3. The zero-order valence-electron chi connectivity index (χ0n) is 35.4. The Bertz CT molecular complexity index is 1310. The van der Waals surface area contributed by atoms with E-state index in [1.165, 1.54) is 32.1 Å². The van der Waals surface area contributed by atoms with Crippen LogP contribution < -0.4 is 0 Å². The highest BCUT2D eigenvalue weighted by molar-refractivity contribution is 7.85. The van der Waals surface area contributed by atoms with Crippen molar-refractivity contribution in [3.05, 3.63) is 60.8 Å². The summed E-state index contributed by atoms with van der Waals surface area (Å²) in [4.78, 5) is 25.3. The van der Waals surface area contributed by atoms with E-state index in [0.29, 0.717) is 12.8 Å². The molecule has 1 aliphatic heterocycles. The van der Waals surface area contributed by atoms with Crippen molar-refractivity contribution >= 4 is 22.1 Å². The maximum atomic E-state index is 12.8. The fraction of sp³-hybridized carbons (Fsp3) is 0.733. The van der Waals surface area contributed by atoms with Crippen LogP contribution in [0.3, 0.4) is 0 Å². The van der Waals surface area contributed by atoms with Gasteiger partial charge in [0.2, 0.25) is 0 Å². The molecule has 13 heteroatoms. The minimum absolute atomic E-state index is 0.122. The zero-order chi connectivity index (χ0) is 42.7. The summed E-state index contributed by atoms with van der Waals surface area (Å²) in [6.07, 6.45) is 32.6. The van der Waals surface area contributed by atoms with Gasteiger partial charge in [-0.05, 0) is 77.0 Å². The molecule has 0 aromatic carbocycles. The topological polar surface area (TPSA) is 186 Å². The smallest absolute Gasteiger partial charge is 0.306 e. The van der Waals surface area contributed by atoms with Gasteiger partial charge in [-0.15, -0.1) is 0 Å². The molecule has 0 amide bonds. The predicted octanol–water partition coefficient (Wildman–Crippen LogP) is 8.56. The van der Waals surface area contributed by atoms with Crippen LogP contribution in [0.15, 0.2) is 60.8 Å². The average molecular weight is 841 g/mol. The van der Waals surface area contributed by atoms with Gasteiger partial charge in [-0.3, -0.25) is 14.1 Å². The van der Waals surface area contributed by atoms with Crippen LogP contribution in [0, 0.1) is 0 Å². The standard InChI is InChI=1S/C45H76O12S/c1-3-5-7-9-11-13-15-17-18-19-20-22-24-26-28-30-32-34-41(47)56-38(36-55-45-44(50)43(49)42(48)39(57-45)37-58(51,52)53)35-54-40(46)33-31-29-27-25-23-21-16-14-12-10-8-6-4-2/h7,9,13-16,18-19,22,24,38-39,42-45,48-50H,3-6,8,10-12,17,20-21,23,25-37H2,1-2H3,(H,51,52,53)/b9-7+,15-13+,16-14+,19-18+,24-22+/t38-,39-,42-,43?,44?,45+/m1/s1. The monoisotopic (exact) mass is 841 g/mol. The van der Waals surface area contributed by atoms with Crippen LogP contribution in [0.25, 0.3) is 0 Å². The quantitative estimate of drug-likeness (QED) is 0.0207. The molecule has 1 fully saturated rings. The summed E-state index contributed by atoms with van der Waals surface area (Å²) in [6.45, 7) is 3.62. The summed E-state index contributed by atoms with van der Waals surface area (Å²) in [5.74, 6) is -2.04. The van der Waals surface area contributed by atoms with Crippen molar-refractivity contribution in [3.8, 4) is 0 Å². The first-order valence-corrected chi connectivity index (χ1v) is 23.5. The maximum absolute atomic E-state index is 12.8. The molecule has 1 rings (SSSR count). The number of aliphatic hydroxyl groups excluding tert-OH is 3. The van der Waals surface area contributed by atoms with E-state index in [-0.39, 0.29) is 19.4 Å². The number of hydrogen-bond donors (Lipinski definition) is 4. The van der Waals surface area contributed by atoms with Gasteiger partial charge in [0.15, 0.2) is 12.4 Å². The van der Waals surface area contributed by atoms with E-state index in [9.17, 15) is 37.9 Å². The summed E-state index contributed by atoms with van der Waals surface area (Å²) in [6, 6.07) is 0. The minimum atomic E-state index is -4.61. The number of allylic oxidation sites excluding steroid dienone is 10. The van der Waals surface area contributed by atoms with Crippen LogP contribution in [-0.4, -0.2) is 96.0 Å². The Labute approximate surface area is 349 Å². The molecule has 12 nitrogen and oxygen atoms in total. The molecule has 0 radical (unpaired) electrons. The van der Waals surface area contributed by atoms with Gasteiger partial charge in [0.05, 0.1) is 6.61 Å². The minimum Gasteiger partial charge on any atom is -0.462 e. The third-order valence-corrected chi connectivity index (χ3v) is 10.3. The number of hydrogen-bond acceptors (Lipinski definition) is 11. The van der Waals surface area contributed by atoms with Gasteiger partial charge >= 0.3 is 11.9 Å². The van der Waals surface area contributed by atoms with Crippen molar-refractivity contribution in [1.82, 2.24) is 0 Å². The highest BCUT2D eigenvalue weighted by Crippen LogP contribution is 2.24. The molecular formula is C45H76O12S. The second kappa shape index (κ2) is 35.1. The number of carbonyl (C=O) groups is 2. The van der Waals surface area contributed by atoms with Gasteiger partial charge < -0.3 is 34.3 Å². The van der Waals surface area contributed by atoms with Crippen LogP contribution in [0.2, 0.25) is 0 Å². The van der Waals surface area contributed by atoms with Crippen molar-refractivity contribution in [1.29, 1.82) is 0 Å². The summed E-state index contributed by atoms with van der Waals surface area (Å²) in [7, 11) is -4.61. The lowest BCUT2D eigenvalue weighted by Crippen LogP contribution is -2.60.